The highest BCUT2D eigenvalue weighted by atomic mass is 16.5. The Hall–Kier alpha value is -1.16. The second kappa shape index (κ2) is 6.69. The van der Waals surface area contributed by atoms with E-state index < -0.39 is 0 Å². The SMILES string of the molecule is CCNc1cc(CC)nc(CC2CCCCO2)n1. The Balaban J connectivity index is 2.07. The highest BCUT2D eigenvalue weighted by Crippen LogP contribution is 2.17. The monoisotopic (exact) mass is 249 g/mol. The molecule has 1 N–H and O–H groups in total. The van der Waals surface area contributed by atoms with Gasteiger partial charge in [-0.2, -0.15) is 0 Å². The lowest BCUT2D eigenvalue weighted by Gasteiger charge is -2.22. The lowest BCUT2D eigenvalue weighted by atomic mass is 10.1. The van der Waals surface area contributed by atoms with E-state index in [0.717, 1.165) is 49.8 Å². The largest absolute Gasteiger partial charge is 0.378 e. The van der Waals surface area contributed by atoms with Crippen LogP contribution >= 0.6 is 0 Å². The van der Waals surface area contributed by atoms with E-state index >= 15 is 0 Å². The lowest BCUT2D eigenvalue weighted by molar-refractivity contribution is 0.0156. The maximum absolute atomic E-state index is 5.75. The number of nitrogens with zero attached hydrogens (tertiary/aromatic N) is 2. The van der Waals surface area contributed by atoms with E-state index in [0.29, 0.717) is 6.10 Å². The van der Waals surface area contributed by atoms with Gasteiger partial charge in [0.05, 0.1) is 6.10 Å². The Morgan fingerprint density at radius 3 is 2.89 bits per heavy atom. The molecule has 1 aromatic heterocycles. The fraction of sp³-hybridized carbons (Fsp3) is 0.714. The zero-order chi connectivity index (χ0) is 12.8. The van der Waals surface area contributed by atoms with Crippen LogP contribution in [-0.4, -0.2) is 29.2 Å². The molecule has 0 amide bonds. The number of anilines is 1. The molecular weight excluding hydrogens is 226 g/mol. The number of ether oxygens (including phenoxy) is 1. The summed E-state index contributed by atoms with van der Waals surface area (Å²) in [7, 11) is 0. The summed E-state index contributed by atoms with van der Waals surface area (Å²) in [5.74, 6) is 1.85. The van der Waals surface area contributed by atoms with Crippen molar-refractivity contribution in [1.29, 1.82) is 0 Å². The number of hydrogen-bond donors (Lipinski definition) is 1. The zero-order valence-corrected chi connectivity index (χ0v) is 11.4. The van der Waals surface area contributed by atoms with Crippen LogP contribution < -0.4 is 5.32 Å². The van der Waals surface area contributed by atoms with Gasteiger partial charge in [0.2, 0.25) is 0 Å². The molecule has 1 fully saturated rings. The average molecular weight is 249 g/mol. The Morgan fingerprint density at radius 2 is 2.22 bits per heavy atom. The number of aromatic nitrogens is 2. The molecule has 18 heavy (non-hydrogen) atoms. The maximum atomic E-state index is 5.75. The topological polar surface area (TPSA) is 47.0 Å². The van der Waals surface area contributed by atoms with Crippen molar-refractivity contribution in [3.05, 3.63) is 17.6 Å². The van der Waals surface area contributed by atoms with Crippen molar-refractivity contribution in [3.8, 4) is 0 Å². The third kappa shape index (κ3) is 3.67. The van der Waals surface area contributed by atoms with Gasteiger partial charge in [0, 0.05) is 31.3 Å². The fourth-order valence-corrected chi connectivity index (χ4v) is 2.27. The van der Waals surface area contributed by atoms with Crippen LogP contribution in [0.25, 0.3) is 0 Å². The average Bonchev–Trinajstić information content (AvgIpc) is 2.40. The van der Waals surface area contributed by atoms with Gasteiger partial charge in [-0.15, -0.1) is 0 Å². The first kappa shape index (κ1) is 13.3. The van der Waals surface area contributed by atoms with E-state index in [1.165, 1.54) is 12.8 Å². The molecule has 0 aromatic carbocycles. The molecule has 0 spiro atoms. The Kier molecular flexibility index (Phi) is 4.93. The lowest BCUT2D eigenvalue weighted by Crippen LogP contribution is -2.23. The standard InChI is InChI=1S/C14H23N3O/c1-3-11-9-13(15-4-2)17-14(16-11)10-12-7-5-6-8-18-12/h9,12H,3-8,10H2,1-2H3,(H,15,16,17). The van der Waals surface area contributed by atoms with Crippen LogP contribution in [0.15, 0.2) is 6.07 Å². The molecule has 2 heterocycles. The van der Waals surface area contributed by atoms with Crippen LogP contribution in [0.3, 0.4) is 0 Å². The van der Waals surface area contributed by atoms with Crippen LogP contribution in [-0.2, 0) is 17.6 Å². The zero-order valence-electron chi connectivity index (χ0n) is 11.4. The van der Waals surface area contributed by atoms with Crippen molar-refractivity contribution in [3.63, 3.8) is 0 Å². The van der Waals surface area contributed by atoms with Crippen LogP contribution in [0, 0.1) is 0 Å². The van der Waals surface area contributed by atoms with E-state index in [2.05, 4.69) is 29.1 Å². The van der Waals surface area contributed by atoms with Gasteiger partial charge >= 0.3 is 0 Å². The summed E-state index contributed by atoms with van der Waals surface area (Å²) in [6.45, 7) is 5.98. The van der Waals surface area contributed by atoms with Gasteiger partial charge in [0.15, 0.2) is 0 Å². The third-order valence-corrected chi connectivity index (χ3v) is 3.23. The van der Waals surface area contributed by atoms with E-state index in [4.69, 9.17) is 4.74 Å². The quantitative estimate of drug-likeness (QED) is 0.871. The van der Waals surface area contributed by atoms with Gasteiger partial charge in [-0.1, -0.05) is 6.92 Å². The van der Waals surface area contributed by atoms with Crippen LogP contribution in [0.4, 0.5) is 5.82 Å². The van der Waals surface area contributed by atoms with Gasteiger partial charge < -0.3 is 10.1 Å². The number of aryl methyl sites for hydroxylation is 1. The molecule has 1 aliphatic heterocycles. The molecule has 4 nitrogen and oxygen atoms in total. The van der Waals surface area contributed by atoms with Crippen LogP contribution in [0.5, 0.6) is 0 Å². The number of hydrogen-bond acceptors (Lipinski definition) is 4. The van der Waals surface area contributed by atoms with Crippen molar-refractivity contribution in [1.82, 2.24) is 9.97 Å². The van der Waals surface area contributed by atoms with Crippen molar-refractivity contribution in [2.45, 2.75) is 52.1 Å². The summed E-state index contributed by atoms with van der Waals surface area (Å²) in [5, 5.41) is 3.27. The van der Waals surface area contributed by atoms with E-state index in [1.807, 2.05) is 6.07 Å². The molecule has 1 atom stereocenters. The van der Waals surface area contributed by atoms with Crippen molar-refractivity contribution >= 4 is 5.82 Å². The Morgan fingerprint density at radius 1 is 1.33 bits per heavy atom. The molecule has 0 aliphatic carbocycles. The minimum absolute atomic E-state index is 0.306. The summed E-state index contributed by atoms with van der Waals surface area (Å²) < 4.78 is 5.75. The van der Waals surface area contributed by atoms with Gasteiger partial charge in [0.25, 0.3) is 0 Å². The van der Waals surface area contributed by atoms with E-state index in [1.54, 1.807) is 0 Å². The molecule has 1 unspecified atom stereocenters. The number of rotatable bonds is 5. The molecule has 0 saturated carbocycles. The molecule has 1 aromatic rings. The fourth-order valence-electron chi connectivity index (χ4n) is 2.27. The van der Waals surface area contributed by atoms with Crippen LogP contribution in [0.1, 0.15) is 44.6 Å². The summed E-state index contributed by atoms with van der Waals surface area (Å²) in [6, 6.07) is 2.04. The minimum Gasteiger partial charge on any atom is -0.378 e. The molecular formula is C14H23N3O. The molecule has 1 saturated heterocycles. The predicted molar refractivity (Wildman–Crippen MR) is 72.9 cm³/mol. The van der Waals surface area contributed by atoms with Crippen LogP contribution in [0.2, 0.25) is 0 Å². The summed E-state index contributed by atoms with van der Waals surface area (Å²) in [4.78, 5) is 9.16. The van der Waals surface area contributed by atoms with E-state index in [-0.39, 0.29) is 0 Å². The molecule has 0 bridgehead atoms. The summed E-state index contributed by atoms with van der Waals surface area (Å²) in [6.07, 6.45) is 5.68. The normalized spacial score (nSPS) is 19.8. The first-order valence-electron chi connectivity index (χ1n) is 7.04. The highest BCUT2D eigenvalue weighted by Gasteiger charge is 2.16. The van der Waals surface area contributed by atoms with Gasteiger partial charge in [-0.3, -0.25) is 0 Å². The van der Waals surface area contributed by atoms with Crippen molar-refractivity contribution in [2.24, 2.45) is 0 Å². The summed E-state index contributed by atoms with van der Waals surface area (Å²) >= 11 is 0. The maximum Gasteiger partial charge on any atom is 0.133 e. The van der Waals surface area contributed by atoms with Gasteiger partial charge in [-0.25, -0.2) is 9.97 Å². The van der Waals surface area contributed by atoms with Crippen molar-refractivity contribution in [2.75, 3.05) is 18.5 Å². The molecule has 1 aliphatic rings. The molecule has 0 radical (unpaired) electrons. The highest BCUT2D eigenvalue weighted by molar-refractivity contribution is 5.36. The van der Waals surface area contributed by atoms with E-state index in [9.17, 15) is 0 Å². The number of nitrogens with one attached hydrogen (secondary N) is 1. The molecule has 2 rings (SSSR count). The summed E-state index contributed by atoms with van der Waals surface area (Å²) in [5.41, 5.74) is 1.10. The first-order valence-corrected chi connectivity index (χ1v) is 7.04. The van der Waals surface area contributed by atoms with Gasteiger partial charge in [-0.05, 0) is 32.6 Å². The second-order valence-corrected chi connectivity index (χ2v) is 4.74. The van der Waals surface area contributed by atoms with Crippen molar-refractivity contribution < 1.29 is 4.74 Å². The smallest absolute Gasteiger partial charge is 0.133 e. The minimum atomic E-state index is 0.306. The molecule has 4 heteroatoms. The molecule has 100 valence electrons. The van der Waals surface area contributed by atoms with Gasteiger partial charge in [0.1, 0.15) is 11.6 Å². The third-order valence-electron chi connectivity index (χ3n) is 3.23. The Bertz CT molecular complexity index is 375. The predicted octanol–water partition coefficient (Wildman–Crippen LogP) is 2.58. The Labute approximate surface area is 109 Å². The first-order chi connectivity index (χ1) is 8.81. The second-order valence-electron chi connectivity index (χ2n) is 4.74.